The number of piperidine rings is 1. The lowest BCUT2D eigenvalue weighted by Crippen LogP contribution is -2.47. The highest BCUT2D eigenvalue weighted by Gasteiger charge is 2.41. The van der Waals surface area contributed by atoms with Crippen molar-refractivity contribution in [2.24, 2.45) is 5.92 Å². The van der Waals surface area contributed by atoms with Crippen LogP contribution in [0, 0.1) is 5.92 Å². The van der Waals surface area contributed by atoms with Gasteiger partial charge in [-0.3, -0.25) is 4.79 Å². The van der Waals surface area contributed by atoms with Gasteiger partial charge in [0.05, 0.1) is 5.41 Å². The summed E-state index contributed by atoms with van der Waals surface area (Å²) in [6, 6.07) is 11.8. The van der Waals surface area contributed by atoms with Gasteiger partial charge < -0.3 is 15.0 Å². The number of carbonyl (C=O) groups is 1. The zero-order valence-electron chi connectivity index (χ0n) is 17.6. The van der Waals surface area contributed by atoms with Gasteiger partial charge in [-0.25, -0.2) is 4.98 Å². The van der Waals surface area contributed by atoms with Crippen molar-refractivity contribution in [1.29, 1.82) is 0 Å². The van der Waals surface area contributed by atoms with Crippen molar-refractivity contribution in [3.8, 4) is 0 Å². The molecule has 2 saturated heterocycles. The molecule has 1 aromatic heterocycles. The molecule has 3 heterocycles. The zero-order chi connectivity index (χ0) is 21.0. The van der Waals surface area contributed by atoms with E-state index in [2.05, 4.69) is 34.3 Å². The lowest BCUT2D eigenvalue weighted by atomic mass is 9.73. The number of amides is 1. The van der Waals surface area contributed by atoms with Gasteiger partial charge in [0.15, 0.2) is 0 Å². The number of aromatic nitrogens is 1. The number of nitrogens with one attached hydrogen (secondary N) is 1. The molecule has 160 valence electrons. The monoisotopic (exact) mass is 427 g/mol. The number of pyridine rings is 1. The molecule has 0 aliphatic carbocycles. The summed E-state index contributed by atoms with van der Waals surface area (Å²) in [4.78, 5) is 20.3. The number of rotatable bonds is 5. The maximum Gasteiger partial charge on any atom is 0.231 e. The Morgan fingerprint density at radius 1 is 1.23 bits per heavy atom. The molecule has 0 bridgehead atoms. The molecule has 1 amide bonds. The SMILES string of the molecule is CC1CCN(c2ccc(CNC(=O)C3(c4cccc(Cl)c4)CCOCC3)cn2)CC1. The van der Waals surface area contributed by atoms with E-state index >= 15 is 0 Å². The maximum atomic E-state index is 13.3. The Hall–Kier alpha value is -2.11. The van der Waals surface area contributed by atoms with E-state index in [1.165, 1.54) is 12.8 Å². The maximum absolute atomic E-state index is 13.3. The van der Waals surface area contributed by atoms with E-state index in [9.17, 15) is 4.79 Å². The minimum Gasteiger partial charge on any atom is -0.381 e. The van der Waals surface area contributed by atoms with Crippen LogP contribution in [-0.2, 0) is 21.5 Å². The molecular weight excluding hydrogens is 398 g/mol. The summed E-state index contributed by atoms with van der Waals surface area (Å²) in [5.74, 6) is 1.85. The Bertz CT molecular complexity index is 857. The number of anilines is 1. The summed E-state index contributed by atoms with van der Waals surface area (Å²) in [7, 11) is 0. The first-order valence-corrected chi connectivity index (χ1v) is 11.3. The molecule has 4 rings (SSSR count). The molecule has 0 atom stereocenters. The van der Waals surface area contributed by atoms with Crippen LogP contribution in [0.15, 0.2) is 42.6 Å². The van der Waals surface area contributed by atoms with Crippen LogP contribution in [0.25, 0.3) is 0 Å². The molecule has 2 aromatic rings. The number of carbonyl (C=O) groups excluding carboxylic acids is 1. The molecule has 2 aliphatic heterocycles. The van der Waals surface area contributed by atoms with Gasteiger partial charge in [-0.2, -0.15) is 0 Å². The second kappa shape index (κ2) is 9.36. The molecule has 2 fully saturated rings. The van der Waals surface area contributed by atoms with E-state index < -0.39 is 5.41 Å². The number of hydrogen-bond donors (Lipinski definition) is 1. The van der Waals surface area contributed by atoms with Crippen LogP contribution in [0.2, 0.25) is 5.02 Å². The van der Waals surface area contributed by atoms with Gasteiger partial charge in [0.25, 0.3) is 0 Å². The molecule has 0 unspecified atom stereocenters. The molecule has 2 aliphatic rings. The summed E-state index contributed by atoms with van der Waals surface area (Å²) in [5, 5.41) is 3.79. The predicted molar refractivity (Wildman–Crippen MR) is 120 cm³/mol. The van der Waals surface area contributed by atoms with Gasteiger partial charge >= 0.3 is 0 Å². The van der Waals surface area contributed by atoms with Gasteiger partial charge in [-0.15, -0.1) is 0 Å². The van der Waals surface area contributed by atoms with E-state index in [4.69, 9.17) is 16.3 Å². The highest BCUT2D eigenvalue weighted by molar-refractivity contribution is 6.30. The molecule has 0 saturated carbocycles. The van der Waals surface area contributed by atoms with Crippen molar-refractivity contribution in [2.45, 2.75) is 44.6 Å². The molecule has 1 aromatic carbocycles. The Kier molecular flexibility index (Phi) is 6.59. The Morgan fingerprint density at radius 2 is 2.00 bits per heavy atom. The number of nitrogens with zero attached hydrogens (tertiary/aromatic N) is 2. The Balaban J connectivity index is 1.42. The van der Waals surface area contributed by atoms with Crippen LogP contribution in [0.1, 0.15) is 43.7 Å². The molecule has 30 heavy (non-hydrogen) atoms. The molecule has 5 nitrogen and oxygen atoms in total. The van der Waals surface area contributed by atoms with E-state index in [1.54, 1.807) is 0 Å². The van der Waals surface area contributed by atoms with Crippen molar-refractivity contribution in [1.82, 2.24) is 10.3 Å². The predicted octanol–water partition coefficient (Wildman–Crippen LogP) is 4.34. The van der Waals surface area contributed by atoms with Crippen LogP contribution in [0.3, 0.4) is 0 Å². The summed E-state index contributed by atoms with van der Waals surface area (Å²) in [6.07, 6.45) is 5.63. The highest BCUT2D eigenvalue weighted by Crippen LogP contribution is 2.36. The Labute approximate surface area is 183 Å². The average molecular weight is 428 g/mol. The fraction of sp³-hybridized carbons (Fsp3) is 0.500. The van der Waals surface area contributed by atoms with Crippen molar-refractivity contribution >= 4 is 23.3 Å². The minimum absolute atomic E-state index is 0.0298. The third kappa shape index (κ3) is 4.62. The van der Waals surface area contributed by atoms with E-state index in [0.717, 1.165) is 36.0 Å². The summed E-state index contributed by atoms with van der Waals surface area (Å²) in [5.41, 5.74) is 1.37. The van der Waals surface area contributed by atoms with Gasteiger partial charge in [0, 0.05) is 44.1 Å². The van der Waals surface area contributed by atoms with Crippen LogP contribution in [-0.4, -0.2) is 37.2 Å². The van der Waals surface area contributed by atoms with Crippen LogP contribution >= 0.6 is 11.6 Å². The summed E-state index contributed by atoms with van der Waals surface area (Å²) >= 11 is 6.22. The number of halogens is 1. The van der Waals surface area contributed by atoms with Crippen LogP contribution < -0.4 is 10.2 Å². The smallest absolute Gasteiger partial charge is 0.231 e. The molecular formula is C24H30ClN3O2. The third-order valence-electron chi connectivity index (χ3n) is 6.53. The largest absolute Gasteiger partial charge is 0.381 e. The van der Waals surface area contributed by atoms with Crippen molar-refractivity contribution in [2.75, 3.05) is 31.2 Å². The quantitative estimate of drug-likeness (QED) is 0.771. The first-order valence-electron chi connectivity index (χ1n) is 10.9. The van der Waals surface area contributed by atoms with Crippen molar-refractivity contribution in [3.63, 3.8) is 0 Å². The normalized spacial score (nSPS) is 19.5. The van der Waals surface area contributed by atoms with Gasteiger partial charge in [-0.05, 0) is 60.9 Å². The topological polar surface area (TPSA) is 54.5 Å². The minimum atomic E-state index is -0.596. The average Bonchev–Trinajstić information content (AvgIpc) is 2.79. The van der Waals surface area contributed by atoms with Gasteiger partial charge in [0.1, 0.15) is 5.82 Å². The number of ether oxygens (including phenoxy) is 1. The molecule has 6 heteroatoms. The molecule has 1 N–H and O–H groups in total. The first kappa shape index (κ1) is 21.1. The zero-order valence-corrected chi connectivity index (χ0v) is 18.3. The number of hydrogen-bond acceptors (Lipinski definition) is 4. The summed E-state index contributed by atoms with van der Waals surface area (Å²) < 4.78 is 5.54. The third-order valence-corrected chi connectivity index (χ3v) is 6.76. The van der Waals surface area contributed by atoms with Gasteiger partial charge in [-0.1, -0.05) is 36.7 Å². The lowest BCUT2D eigenvalue weighted by Gasteiger charge is -2.36. The molecule has 0 radical (unpaired) electrons. The van der Waals surface area contributed by atoms with Crippen LogP contribution in [0.4, 0.5) is 5.82 Å². The van der Waals surface area contributed by atoms with Crippen LogP contribution in [0.5, 0.6) is 0 Å². The van der Waals surface area contributed by atoms with Crippen molar-refractivity contribution in [3.05, 3.63) is 58.7 Å². The van der Waals surface area contributed by atoms with E-state index in [-0.39, 0.29) is 5.91 Å². The fourth-order valence-electron chi connectivity index (χ4n) is 4.45. The fourth-order valence-corrected chi connectivity index (χ4v) is 4.64. The van der Waals surface area contributed by atoms with Crippen molar-refractivity contribution < 1.29 is 9.53 Å². The highest BCUT2D eigenvalue weighted by atomic mass is 35.5. The lowest BCUT2D eigenvalue weighted by molar-refractivity contribution is -0.130. The van der Waals surface area contributed by atoms with E-state index in [0.29, 0.717) is 37.6 Å². The standard InChI is InChI=1S/C24H30ClN3O2/c1-18-7-11-28(12-8-18)22-6-5-19(16-26-22)17-27-23(29)24(9-13-30-14-10-24)20-3-2-4-21(25)15-20/h2-6,15-16,18H,7-14,17H2,1H3,(H,27,29). The second-order valence-corrected chi connectivity index (χ2v) is 9.02. The second-order valence-electron chi connectivity index (χ2n) is 8.58. The summed E-state index contributed by atoms with van der Waals surface area (Å²) in [6.45, 7) is 6.05. The Morgan fingerprint density at radius 3 is 2.67 bits per heavy atom. The first-order chi connectivity index (χ1) is 14.6. The molecule has 0 spiro atoms. The van der Waals surface area contributed by atoms with E-state index in [1.807, 2.05) is 30.5 Å². The van der Waals surface area contributed by atoms with Gasteiger partial charge in [0.2, 0.25) is 5.91 Å². The number of benzene rings is 1.